The van der Waals surface area contributed by atoms with E-state index in [2.05, 4.69) is 5.10 Å². The van der Waals surface area contributed by atoms with Crippen molar-refractivity contribution >= 4 is 11.9 Å². The van der Waals surface area contributed by atoms with E-state index in [0.717, 1.165) is 5.56 Å². The van der Waals surface area contributed by atoms with Crippen molar-refractivity contribution in [1.82, 2.24) is 9.78 Å². The number of carbonyl (C=O) groups is 2. The summed E-state index contributed by atoms with van der Waals surface area (Å²) >= 11 is 0. The van der Waals surface area contributed by atoms with Crippen molar-refractivity contribution in [3.05, 3.63) is 53.3 Å². The first-order valence-electron chi connectivity index (χ1n) is 6.18. The summed E-state index contributed by atoms with van der Waals surface area (Å²) in [6.07, 6.45) is 3.09. The standard InChI is InChI=1S/C14H15N3O3/c1-2-20-14(19)12-7-16-17(9-12)8-10-3-5-11(6-4-10)13(15)18/h3-7,9H,2,8H2,1H3,(H2,15,18). The third kappa shape index (κ3) is 3.23. The second kappa shape index (κ2) is 6.01. The van der Waals surface area contributed by atoms with E-state index >= 15 is 0 Å². The van der Waals surface area contributed by atoms with Gasteiger partial charge in [-0.2, -0.15) is 5.10 Å². The molecule has 0 aliphatic heterocycles. The summed E-state index contributed by atoms with van der Waals surface area (Å²) in [6, 6.07) is 6.92. The molecule has 0 atom stereocenters. The normalized spacial score (nSPS) is 10.2. The third-order valence-corrected chi connectivity index (χ3v) is 2.73. The van der Waals surface area contributed by atoms with Crippen LogP contribution < -0.4 is 5.73 Å². The number of benzene rings is 1. The molecular weight excluding hydrogens is 258 g/mol. The fourth-order valence-corrected chi connectivity index (χ4v) is 1.73. The lowest BCUT2D eigenvalue weighted by molar-refractivity contribution is 0.0526. The molecule has 1 aromatic carbocycles. The van der Waals surface area contributed by atoms with E-state index in [1.807, 2.05) is 0 Å². The molecular formula is C14H15N3O3. The molecule has 0 saturated carbocycles. The minimum Gasteiger partial charge on any atom is -0.462 e. The Morgan fingerprint density at radius 2 is 1.95 bits per heavy atom. The van der Waals surface area contributed by atoms with Gasteiger partial charge >= 0.3 is 5.97 Å². The first-order valence-corrected chi connectivity index (χ1v) is 6.18. The lowest BCUT2D eigenvalue weighted by Gasteiger charge is -2.02. The molecule has 1 heterocycles. The maximum Gasteiger partial charge on any atom is 0.341 e. The number of hydrogen-bond donors (Lipinski definition) is 1. The molecule has 0 unspecified atom stereocenters. The van der Waals surface area contributed by atoms with Gasteiger partial charge in [0.25, 0.3) is 0 Å². The van der Waals surface area contributed by atoms with Crippen LogP contribution in [0, 0.1) is 0 Å². The van der Waals surface area contributed by atoms with Crippen LogP contribution >= 0.6 is 0 Å². The molecule has 2 aromatic rings. The van der Waals surface area contributed by atoms with Crippen LogP contribution in [0.15, 0.2) is 36.7 Å². The SMILES string of the molecule is CCOC(=O)c1cnn(Cc2ccc(C(N)=O)cc2)c1. The average molecular weight is 273 g/mol. The number of carbonyl (C=O) groups excluding carboxylic acids is 2. The monoisotopic (exact) mass is 273 g/mol. The average Bonchev–Trinajstić information content (AvgIpc) is 2.88. The Kier molecular flexibility index (Phi) is 4.14. The van der Waals surface area contributed by atoms with Crippen LogP contribution in [0.2, 0.25) is 0 Å². The molecule has 2 rings (SSSR count). The smallest absolute Gasteiger partial charge is 0.341 e. The maximum atomic E-state index is 11.5. The van der Waals surface area contributed by atoms with Gasteiger partial charge in [-0.3, -0.25) is 9.48 Å². The zero-order valence-electron chi connectivity index (χ0n) is 11.1. The molecule has 6 heteroatoms. The van der Waals surface area contributed by atoms with Gasteiger partial charge in [-0.05, 0) is 24.6 Å². The molecule has 104 valence electrons. The van der Waals surface area contributed by atoms with Gasteiger partial charge in [0.1, 0.15) is 0 Å². The molecule has 0 bridgehead atoms. The van der Waals surface area contributed by atoms with E-state index in [4.69, 9.17) is 10.5 Å². The zero-order chi connectivity index (χ0) is 14.5. The number of rotatable bonds is 5. The highest BCUT2D eigenvalue weighted by Crippen LogP contribution is 2.07. The summed E-state index contributed by atoms with van der Waals surface area (Å²) in [5.41, 5.74) is 7.00. The maximum absolute atomic E-state index is 11.5. The largest absolute Gasteiger partial charge is 0.462 e. The molecule has 20 heavy (non-hydrogen) atoms. The Labute approximate surface area is 116 Å². The molecule has 0 fully saturated rings. The van der Waals surface area contributed by atoms with Crippen LogP contribution in [-0.4, -0.2) is 28.3 Å². The minimum atomic E-state index is -0.458. The Morgan fingerprint density at radius 3 is 2.55 bits per heavy atom. The minimum absolute atomic E-state index is 0.332. The van der Waals surface area contributed by atoms with Gasteiger partial charge in [0.2, 0.25) is 5.91 Å². The Morgan fingerprint density at radius 1 is 1.25 bits per heavy atom. The number of ether oxygens (including phenoxy) is 1. The van der Waals surface area contributed by atoms with Gasteiger partial charge in [0.05, 0.1) is 24.9 Å². The van der Waals surface area contributed by atoms with Crippen molar-refractivity contribution in [2.75, 3.05) is 6.61 Å². The van der Waals surface area contributed by atoms with Gasteiger partial charge in [0.15, 0.2) is 0 Å². The summed E-state index contributed by atoms with van der Waals surface area (Å²) < 4.78 is 6.52. The summed E-state index contributed by atoms with van der Waals surface area (Å²) in [5.74, 6) is -0.844. The van der Waals surface area contributed by atoms with E-state index in [0.29, 0.717) is 24.3 Å². The van der Waals surface area contributed by atoms with Crippen molar-refractivity contribution in [3.63, 3.8) is 0 Å². The van der Waals surface area contributed by atoms with Crippen molar-refractivity contribution in [3.8, 4) is 0 Å². The zero-order valence-corrected chi connectivity index (χ0v) is 11.1. The van der Waals surface area contributed by atoms with E-state index in [-0.39, 0.29) is 5.97 Å². The number of aromatic nitrogens is 2. The topological polar surface area (TPSA) is 87.2 Å². The van der Waals surface area contributed by atoms with Crippen LogP contribution in [0.5, 0.6) is 0 Å². The van der Waals surface area contributed by atoms with Gasteiger partial charge in [-0.15, -0.1) is 0 Å². The quantitative estimate of drug-likeness (QED) is 0.829. The predicted molar refractivity (Wildman–Crippen MR) is 72.2 cm³/mol. The number of amides is 1. The van der Waals surface area contributed by atoms with Crippen molar-refractivity contribution in [2.45, 2.75) is 13.5 Å². The summed E-state index contributed by atoms with van der Waals surface area (Å²) in [6.45, 7) is 2.58. The first-order chi connectivity index (χ1) is 9.60. The molecule has 0 spiro atoms. The summed E-state index contributed by atoms with van der Waals surface area (Å²) in [4.78, 5) is 22.5. The first kappa shape index (κ1) is 13.8. The van der Waals surface area contributed by atoms with Gasteiger partial charge in [-0.1, -0.05) is 12.1 Å². The van der Waals surface area contributed by atoms with Crippen LogP contribution in [0.25, 0.3) is 0 Å². The molecule has 6 nitrogen and oxygen atoms in total. The van der Waals surface area contributed by atoms with Gasteiger partial charge in [-0.25, -0.2) is 4.79 Å². The molecule has 0 aliphatic rings. The lowest BCUT2D eigenvalue weighted by Crippen LogP contribution is -2.10. The number of hydrogen-bond acceptors (Lipinski definition) is 4. The van der Waals surface area contributed by atoms with Crippen molar-refractivity contribution < 1.29 is 14.3 Å². The van der Waals surface area contributed by atoms with E-state index in [1.165, 1.54) is 6.20 Å². The Hall–Kier alpha value is -2.63. The van der Waals surface area contributed by atoms with Gasteiger partial charge in [0, 0.05) is 11.8 Å². The van der Waals surface area contributed by atoms with E-state index in [1.54, 1.807) is 42.1 Å². The van der Waals surface area contributed by atoms with Crippen molar-refractivity contribution in [2.24, 2.45) is 5.73 Å². The van der Waals surface area contributed by atoms with E-state index in [9.17, 15) is 9.59 Å². The van der Waals surface area contributed by atoms with Crippen molar-refractivity contribution in [1.29, 1.82) is 0 Å². The summed E-state index contributed by atoms with van der Waals surface area (Å²) in [5, 5.41) is 4.10. The second-order valence-electron chi connectivity index (χ2n) is 4.21. The highest BCUT2D eigenvalue weighted by Gasteiger charge is 2.09. The molecule has 0 radical (unpaired) electrons. The van der Waals surface area contributed by atoms with E-state index < -0.39 is 5.91 Å². The highest BCUT2D eigenvalue weighted by molar-refractivity contribution is 5.92. The molecule has 1 amide bonds. The predicted octanol–water partition coefficient (Wildman–Crippen LogP) is 1.21. The number of esters is 1. The number of nitrogens with two attached hydrogens (primary N) is 1. The molecule has 0 aliphatic carbocycles. The fourth-order valence-electron chi connectivity index (χ4n) is 1.73. The molecule has 2 N–H and O–H groups in total. The second-order valence-corrected chi connectivity index (χ2v) is 4.21. The van der Waals surface area contributed by atoms with Gasteiger partial charge < -0.3 is 10.5 Å². The highest BCUT2D eigenvalue weighted by atomic mass is 16.5. The summed E-state index contributed by atoms with van der Waals surface area (Å²) in [7, 11) is 0. The number of nitrogens with zero attached hydrogens (tertiary/aromatic N) is 2. The van der Waals surface area contributed by atoms with Crippen LogP contribution in [0.1, 0.15) is 33.2 Å². The fraction of sp³-hybridized carbons (Fsp3) is 0.214. The number of primary amides is 1. The lowest BCUT2D eigenvalue weighted by atomic mass is 10.1. The molecule has 1 aromatic heterocycles. The Bertz CT molecular complexity index is 617. The molecule has 0 saturated heterocycles. The van der Waals surface area contributed by atoms with Crippen LogP contribution in [-0.2, 0) is 11.3 Å². The third-order valence-electron chi connectivity index (χ3n) is 2.73. The Balaban J connectivity index is 2.06. The van der Waals surface area contributed by atoms with Crippen LogP contribution in [0.4, 0.5) is 0 Å². The van der Waals surface area contributed by atoms with Crippen LogP contribution in [0.3, 0.4) is 0 Å².